The van der Waals surface area contributed by atoms with E-state index in [1.54, 1.807) is 0 Å². The van der Waals surface area contributed by atoms with Crippen molar-refractivity contribution in [3.63, 3.8) is 0 Å². The molecular weight excluding hydrogens is 752 g/mol. The van der Waals surface area contributed by atoms with Gasteiger partial charge in [0.1, 0.15) is 0 Å². The maximum atomic E-state index is 13.6. The van der Waals surface area contributed by atoms with Crippen molar-refractivity contribution in [1.29, 1.82) is 0 Å². The van der Waals surface area contributed by atoms with Gasteiger partial charge in [-0.05, 0) is 71.3 Å². The summed E-state index contributed by atoms with van der Waals surface area (Å²) in [6, 6.07) is 15.3. The predicted molar refractivity (Wildman–Crippen MR) is 219 cm³/mol. The van der Waals surface area contributed by atoms with Crippen molar-refractivity contribution < 1.29 is 50.6 Å². The number of benzene rings is 3. The zero-order valence-corrected chi connectivity index (χ0v) is 38.0. The molecule has 0 radical (unpaired) electrons. The van der Waals surface area contributed by atoms with Gasteiger partial charge >= 0.3 is 26.2 Å². The van der Waals surface area contributed by atoms with Crippen molar-refractivity contribution >= 4 is 22.7 Å². The Kier molecular flexibility index (Phi) is 18.8. The fraction of sp³-hybridized carbons (Fsp3) is 0.609. The van der Waals surface area contributed by atoms with E-state index in [1.807, 2.05) is 90.1 Å². The molecule has 296 valence electrons. The first-order valence-corrected chi connectivity index (χ1v) is 19.7. The Morgan fingerprint density at radius 3 is 0.907 bits per heavy atom. The Hall–Kier alpha value is -2.38. The summed E-state index contributed by atoms with van der Waals surface area (Å²) >= 11 is 0. The molecule has 6 rings (SSSR count). The van der Waals surface area contributed by atoms with Gasteiger partial charge in [0.25, 0.3) is 0 Å². The van der Waals surface area contributed by atoms with E-state index in [2.05, 4.69) is 41.5 Å². The quantitative estimate of drug-likeness (QED) is 0.261. The maximum absolute atomic E-state index is 13.6. The smallest absolute Gasteiger partial charge is 0.873 e. The van der Waals surface area contributed by atoms with Gasteiger partial charge in [-0.15, -0.1) is 22.9 Å². The summed E-state index contributed by atoms with van der Waals surface area (Å²) in [4.78, 5) is 0. The predicted octanol–water partition coefficient (Wildman–Crippen LogP) is 12.1. The number of nitrogens with zero attached hydrogens (tertiary/aromatic N) is 2. The van der Waals surface area contributed by atoms with Gasteiger partial charge in [-0.1, -0.05) is 143 Å². The standard InChI is InChI=1S/C34H46N2O2.3C4H8O.Zr/c1-31(2,3)21-17-23(33(7,8)9)29(37)27(19-21)35-25-15-13-14-16-26(25)36-28-20-22(32(4,5)6)18-24(30(28)38)34(10,11)12;3*1-2-4-5-3-1;/h13-20,37-38H,1-12H3;3*1-4H2;/q-2;;;;+4/p-2. The summed E-state index contributed by atoms with van der Waals surface area (Å²) in [5.41, 5.74) is 4.60. The number of rotatable bonds is 4. The topological polar surface area (TPSA) is 102 Å². The van der Waals surface area contributed by atoms with Crippen molar-refractivity contribution in [2.45, 2.75) is 143 Å². The summed E-state index contributed by atoms with van der Waals surface area (Å²) in [6.45, 7) is 31.1. The first kappa shape index (κ1) is 47.8. The summed E-state index contributed by atoms with van der Waals surface area (Å²) in [6.07, 6.45) is 7.67. The Bertz CT molecular complexity index is 1420. The third-order valence-corrected chi connectivity index (χ3v) is 9.33. The first-order valence-electron chi connectivity index (χ1n) is 19.7. The van der Waals surface area contributed by atoms with Crippen LogP contribution in [0.15, 0.2) is 48.5 Å². The van der Waals surface area contributed by atoms with E-state index in [0.717, 1.165) is 61.9 Å². The molecule has 0 spiro atoms. The van der Waals surface area contributed by atoms with Gasteiger partial charge in [-0.2, -0.15) is 11.4 Å². The van der Waals surface area contributed by atoms with Crippen LogP contribution in [0.4, 0.5) is 22.7 Å². The molecule has 3 aromatic rings. The van der Waals surface area contributed by atoms with Crippen LogP contribution < -0.4 is 10.2 Å². The Morgan fingerprint density at radius 2 is 0.704 bits per heavy atom. The second-order valence-corrected chi connectivity index (χ2v) is 18.4. The monoisotopic (exact) mass is 818 g/mol. The maximum Gasteiger partial charge on any atom is 4.00 e. The van der Waals surface area contributed by atoms with Gasteiger partial charge in [-0.25, -0.2) is 0 Å². The number of ether oxygens (including phenoxy) is 3. The van der Waals surface area contributed by atoms with Crippen LogP contribution in [0.3, 0.4) is 0 Å². The van der Waals surface area contributed by atoms with E-state index in [0.29, 0.717) is 22.7 Å². The van der Waals surface area contributed by atoms with Gasteiger partial charge in [0.05, 0.1) is 0 Å². The minimum Gasteiger partial charge on any atom is -0.873 e. The van der Waals surface area contributed by atoms with Gasteiger partial charge in [0.15, 0.2) is 0 Å². The third kappa shape index (κ3) is 15.3. The normalized spacial score (nSPS) is 15.8. The molecule has 7 nitrogen and oxygen atoms in total. The number of para-hydroxylation sites is 2. The zero-order chi connectivity index (χ0) is 39.5. The average Bonchev–Trinajstić information content (AvgIpc) is 3.89. The molecule has 3 fully saturated rings. The van der Waals surface area contributed by atoms with E-state index in [1.165, 1.54) is 38.5 Å². The molecule has 3 aromatic carbocycles. The molecule has 0 atom stereocenters. The molecule has 3 heterocycles. The SMILES string of the molecule is C1CCOC1.C1CCOC1.C1CCOC1.CC(C)(C)c1cc([N-]c2ccccc2[N-]c2cc(C(C)(C)C)cc(C(C)(C)C)c2[O-])c([O-])c(C(C)(C)C)c1.[Zr+4]. The molecular formula is C46H68N2O5Zr. The van der Waals surface area contributed by atoms with Crippen molar-refractivity contribution in [3.05, 3.63) is 81.4 Å². The minimum absolute atomic E-state index is 0. The van der Waals surface area contributed by atoms with E-state index >= 15 is 0 Å². The summed E-state index contributed by atoms with van der Waals surface area (Å²) in [5.74, 6) is -0.149. The van der Waals surface area contributed by atoms with Crippen LogP contribution in [0.2, 0.25) is 0 Å². The second kappa shape index (κ2) is 21.2. The Morgan fingerprint density at radius 1 is 0.426 bits per heavy atom. The fourth-order valence-electron chi connectivity index (χ4n) is 5.82. The van der Waals surface area contributed by atoms with Crippen LogP contribution in [0.25, 0.3) is 10.6 Å². The number of hydrogen-bond donors (Lipinski definition) is 0. The Balaban J connectivity index is 0.000000514. The van der Waals surface area contributed by atoms with Crippen LogP contribution in [0, 0.1) is 0 Å². The number of hydrogen-bond acceptors (Lipinski definition) is 5. The molecule has 8 heteroatoms. The molecule has 3 aliphatic heterocycles. The van der Waals surface area contributed by atoms with Gasteiger partial charge in [0, 0.05) is 39.6 Å². The van der Waals surface area contributed by atoms with Gasteiger partial charge < -0.3 is 35.1 Å². The van der Waals surface area contributed by atoms with Gasteiger partial charge in [-0.3, -0.25) is 0 Å². The molecule has 0 aliphatic carbocycles. The van der Waals surface area contributed by atoms with Crippen molar-refractivity contribution in [1.82, 2.24) is 0 Å². The van der Waals surface area contributed by atoms with Crippen molar-refractivity contribution in [3.8, 4) is 11.5 Å². The van der Waals surface area contributed by atoms with Gasteiger partial charge in [0.2, 0.25) is 0 Å². The van der Waals surface area contributed by atoms with Crippen LogP contribution in [0.5, 0.6) is 11.5 Å². The molecule has 0 amide bonds. The summed E-state index contributed by atoms with van der Waals surface area (Å²) < 4.78 is 14.8. The molecule has 54 heavy (non-hydrogen) atoms. The van der Waals surface area contributed by atoms with E-state index in [4.69, 9.17) is 24.8 Å². The minimum atomic E-state index is -0.319. The molecule has 0 bridgehead atoms. The van der Waals surface area contributed by atoms with Crippen LogP contribution in [0.1, 0.15) is 144 Å². The molecule has 3 saturated heterocycles. The molecule has 0 unspecified atom stereocenters. The van der Waals surface area contributed by atoms with Crippen LogP contribution in [-0.2, 0) is 62.1 Å². The molecule has 0 saturated carbocycles. The Labute approximate surface area is 347 Å². The largest absolute Gasteiger partial charge is 4.00 e. The third-order valence-electron chi connectivity index (χ3n) is 9.33. The molecule has 3 aliphatic rings. The van der Waals surface area contributed by atoms with E-state index in [9.17, 15) is 10.2 Å². The first-order chi connectivity index (χ1) is 24.7. The van der Waals surface area contributed by atoms with E-state index in [-0.39, 0.29) is 59.4 Å². The summed E-state index contributed by atoms with van der Waals surface area (Å²) in [5, 5.41) is 36.8. The van der Waals surface area contributed by atoms with E-state index < -0.39 is 0 Å². The molecule has 0 aromatic heterocycles. The average molecular weight is 820 g/mol. The van der Waals surface area contributed by atoms with Crippen molar-refractivity contribution in [2.24, 2.45) is 0 Å². The van der Waals surface area contributed by atoms with Crippen LogP contribution >= 0.6 is 0 Å². The second-order valence-electron chi connectivity index (χ2n) is 18.4. The van der Waals surface area contributed by atoms with Crippen molar-refractivity contribution in [2.75, 3.05) is 39.6 Å². The van der Waals surface area contributed by atoms with Crippen LogP contribution in [-0.4, -0.2) is 39.6 Å². The summed E-state index contributed by atoms with van der Waals surface area (Å²) in [7, 11) is 0. The molecule has 0 N–H and O–H groups in total. The fourth-order valence-corrected chi connectivity index (χ4v) is 5.82. The zero-order valence-electron chi connectivity index (χ0n) is 35.5.